The monoisotopic (exact) mass is 298 g/mol. The molecule has 0 spiro atoms. The number of rotatable bonds is 3. The van der Waals surface area contributed by atoms with Crippen LogP contribution in [0, 0.1) is 5.92 Å². The molecular weight excluding hydrogens is 272 g/mol. The number of ketones is 1. The normalized spacial score (nSPS) is 27.4. The predicted molar refractivity (Wildman–Crippen MR) is 89.5 cm³/mol. The zero-order valence-corrected chi connectivity index (χ0v) is 14.1. The highest BCUT2D eigenvalue weighted by Gasteiger charge is 2.43. The van der Waals surface area contributed by atoms with E-state index in [1.807, 2.05) is 6.08 Å². The van der Waals surface area contributed by atoms with Crippen molar-refractivity contribution >= 4 is 5.78 Å². The Morgan fingerprint density at radius 2 is 2.14 bits per heavy atom. The van der Waals surface area contributed by atoms with Crippen molar-refractivity contribution in [2.45, 2.75) is 51.4 Å². The fraction of sp³-hybridized carbons (Fsp3) is 0.550. The van der Waals surface area contributed by atoms with E-state index in [0.717, 1.165) is 18.4 Å². The van der Waals surface area contributed by atoms with Crippen LogP contribution in [0.25, 0.3) is 0 Å². The van der Waals surface area contributed by atoms with E-state index < -0.39 is 0 Å². The van der Waals surface area contributed by atoms with Gasteiger partial charge in [0, 0.05) is 24.0 Å². The second-order valence-electron chi connectivity index (χ2n) is 7.30. The number of ether oxygens (including phenoxy) is 1. The summed E-state index contributed by atoms with van der Waals surface area (Å²) in [4.78, 5) is 12.7. The van der Waals surface area contributed by atoms with Gasteiger partial charge in [0.1, 0.15) is 0 Å². The lowest BCUT2D eigenvalue weighted by atomic mass is 9.60. The fourth-order valence-electron chi connectivity index (χ4n) is 4.22. The predicted octanol–water partition coefficient (Wildman–Crippen LogP) is 4.64. The molecule has 1 aromatic carbocycles. The van der Waals surface area contributed by atoms with Gasteiger partial charge in [-0.3, -0.25) is 4.79 Å². The maximum absolute atomic E-state index is 12.7. The molecule has 0 bridgehead atoms. The number of carbonyl (C=O) groups is 1. The Morgan fingerprint density at radius 1 is 1.36 bits per heavy atom. The van der Waals surface area contributed by atoms with E-state index in [1.54, 1.807) is 7.11 Å². The van der Waals surface area contributed by atoms with E-state index >= 15 is 0 Å². The lowest BCUT2D eigenvalue weighted by molar-refractivity contribution is 0.102. The van der Waals surface area contributed by atoms with Gasteiger partial charge in [-0.05, 0) is 42.0 Å². The minimum atomic E-state index is 0.000198. The van der Waals surface area contributed by atoms with E-state index in [0.29, 0.717) is 18.4 Å². The summed E-state index contributed by atoms with van der Waals surface area (Å²) in [7, 11) is 1.75. The molecule has 1 fully saturated rings. The Bertz CT molecular complexity index is 625. The van der Waals surface area contributed by atoms with Gasteiger partial charge in [0.25, 0.3) is 0 Å². The van der Waals surface area contributed by atoms with Crippen molar-refractivity contribution in [3.63, 3.8) is 0 Å². The molecule has 0 heterocycles. The molecule has 0 radical (unpaired) electrons. The first-order valence-electron chi connectivity index (χ1n) is 8.37. The van der Waals surface area contributed by atoms with Gasteiger partial charge in [-0.15, -0.1) is 0 Å². The Hall–Kier alpha value is -1.41. The van der Waals surface area contributed by atoms with Gasteiger partial charge >= 0.3 is 0 Å². The first-order valence-corrected chi connectivity index (χ1v) is 8.37. The summed E-state index contributed by atoms with van der Waals surface area (Å²) in [5.74, 6) is 1.00. The molecular formula is C20H26O2. The highest BCUT2D eigenvalue weighted by atomic mass is 16.5. The van der Waals surface area contributed by atoms with Crippen LogP contribution in [-0.2, 0) is 10.2 Å². The third-order valence-electron chi connectivity index (χ3n) is 5.53. The Labute approximate surface area is 133 Å². The molecule has 2 heteroatoms. The molecule has 22 heavy (non-hydrogen) atoms. The number of benzene rings is 1. The van der Waals surface area contributed by atoms with E-state index in [-0.39, 0.29) is 11.2 Å². The Kier molecular flexibility index (Phi) is 3.98. The number of fused-ring (bicyclic) bond motifs is 3. The molecule has 0 unspecified atom stereocenters. The minimum Gasteiger partial charge on any atom is -0.384 e. The summed E-state index contributed by atoms with van der Waals surface area (Å²) in [6, 6.07) is 6.51. The second-order valence-corrected chi connectivity index (χ2v) is 7.30. The fourth-order valence-corrected chi connectivity index (χ4v) is 4.22. The van der Waals surface area contributed by atoms with Gasteiger partial charge in [-0.2, -0.15) is 0 Å². The van der Waals surface area contributed by atoms with Gasteiger partial charge in [0.2, 0.25) is 0 Å². The van der Waals surface area contributed by atoms with Crippen LogP contribution < -0.4 is 0 Å². The number of carbonyl (C=O) groups excluding carboxylic acids is 1. The maximum atomic E-state index is 12.7. The molecule has 0 amide bonds. The van der Waals surface area contributed by atoms with Gasteiger partial charge in [-0.25, -0.2) is 0 Å². The quantitative estimate of drug-likeness (QED) is 0.812. The zero-order chi connectivity index (χ0) is 15.9. The summed E-state index contributed by atoms with van der Waals surface area (Å²) >= 11 is 0. The molecule has 1 saturated carbocycles. The lowest BCUT2D eigenvalue weighted by Crippen LogP contribution is -2.39. The van der Waals surface area contributed by atoms with Crippen molar-refractivity contribution in [3.8, 4) is 0 Å². The Morgan fingerprint density at radius 3 is 2.82 bits per heavy atom. The van der Waals surface area contributed by atoms with Crippen molar-refractivity contribution < 1.29 is 9.53 Å². The van der Waals surface area contributed by atoms with Gasteiger partial charge < -0.3 is 4.74 Å². The largest absolute Gasteiger partial charge is 0.384 e. The first kappa shape index (κ1) is 15.5. The standard InChI is InChI=1S/C20H26O2/c1-13(2)14-7-8-17-16(10-14)19(21)11-18-15(12-22-4)6-5-9-20(17,18)3/h7-8,10-11,13,15H,5-6,9,12H2,1-4H3/t15-,20-/m1/s1. The molecule has 0 saturated heterocycles. The topological polar surface area (TPSA) is 26.3 Å². The van der Waals surface area contributed by atoms with E-state index in [2.05, 4.69) is 39.0 Å². The zero-order valence-electron chi connectivity index (χ0n) is 14.1. The summed E-state index contributed by atoms with van der Waals surface area (Å²) in [5, 5.41) is 0. The van der Waals surface area contributed by atoms with Crippen LogP contribution in [0.5, 0.6) is 0 Å². The number of methoxy groups -OCH3 is 1. The second kappa shape index (κ2) is 5.66. The number of allylic oxidation sites excluding steroid dienone is 1. The molecule has 2 aliphatic rings. The van der Waals surface area contributed by atoms with Crippen molar-refractivity contribution in [3.05, 3.63) is 46.5 Å². The van der Waals surface area contributed by atoms with Crippen LogP contribution >= 0.6 is 0 Å². The molecule has 3 rings (SSSR count). The summed E-state index contributed by atoms with van der Waals surface area (Å²) < 4.78 is 5.40. The average Bonchev–Trinajstić information content (AvgIpc) is 2.49. The number of hydrogen-bond acceptors (Lipinski definition) is 2. The SMILES string of the molecule is COC[C@H]1CCC[C@@]2(C)C1=CC(=O)c1cc(C(C)C)ccc12. The van der Waals surface area contributed by atoms with Gasteiger partial charge in [-0.1, -0.05) is 44.9 Å². The minimum absolute atomic E-state index is 0.000198. The average molecular weight is 298 g/mol. The van der Waals surface area contributed by atoms with Crippen molar-refractivity contribution in [1.82, 2.24) is 0 Å². The highest BCUT2D eigenvalue weighted by molar-refractivity contribution is 6.08. The third kappa shape index (κ3) is 2.34. The van der Waals surface area contributed by atoms with Crippen molar-refractivity contribution in [2.24, 2.45) is 5.92 Å². The lowest BCUT2D eigenvalue weighted by Gasteiger charge is -2.44. The smallest absolute Gasteiger partial charge is 0.186 e. The van der Waals surface area contributed by atoms with Crippen molar-refractivity contribution in [2.75, 3.05) is 13.7 Å². The molecule has 0 aromatic heterocycles. The molecule has 1 aromatic rings. The van der Waals surface area contributed by atoms with Gasteiger partial charge in [0.15, 0.2) is 5.78 Å². The molecule has 118 valence electrons. The van der Waals surface area contributed by atoms with E-state index in [4.69, 9.17) is 4.74 Å². The highest BCUT2D eigenvalue weighted by Crippen LogP contribution is 2.49. The molecule has 2 atom stereocenters. The Balaban J connectivity index is 2.10. The molecule has 0 aliphatic heterocycles. The molecule has 2 nitrogen and oxygen atoms in total. The van der Waals surface area contributed by atoms with E-state index in [9.17, 15) is 4.79 Å². The first-order chi connectivity index (χ1) is 10.5. The molecule has 2 aliphatic carbocycles. The number of hydrogen-bond donors (Lipinski definition) is 0. The third-order valence-corrected chi connectivity index (χ3v) is 5.53. The van der Waals surface area contributed by atoms with Gasteiger partial charge in [0.05, 0.1) is 6.61 Å². The van der Waals surface area contributed by atoms with Crippen LogP contribution in [-0.4, -0.2) is 19.5 Å². The van der Waals surface area contributed by atoms with E-state index in [1.165, 1.54) is 23.1 Å². The van der Waals surface area contributed by atoms with Crippen LogP contribution in [0.1, 0.15) is 67.4 Å². The van der Waals surface area contributed by atoms with Crippen molar-refractivity contribution in [1.29, 1.82) is 0 Å². The summed E-state index contributed by atoms with van der Waals surface area (Å²) in [5.41, 5.74) is 4.67. The van der Waals surface area contributed by atoms with Crippen LogP contribution in [0.3, 0.4) is 0 Å². The van der Waals surface area contributed by atoms with Crippen LogP contribution in [0.2, 0.25) is 0 Å². The maximum Gasteiger partial charge on any atom is 0.186 e. The summed E-state index contributed by atoms with van der Waals surface area (Å²) in [6.45, 7) is 7.37. The van der Waals surface area contributed by atoms with Crippen LogP contribution in [0.4, 0.5) is 0 Å². The van der Waals surface area contributed by atoms with Crippen LogP contribution in [0.15, 0.2) is 29.8 Å². The summed E-state index contributed by atoms with van der Waals surface area (Å²) in [6.07, 6.45) is 5.36. The molecule has 0 N–H and O–H groups in total.